The van der Waals surface area contributed by atoms with E-state index >= 15 is 0 Å². The molecule has 27 heavy (non-hydrogen) atoms. The van der Waals surface area contributed by atoms with Crippen molar-refractivity contribution in [2.24, 2.45) is 5.92 Å². The highest BCUT2D eigenvalue weighted by atomic mass is 31.2. The molecule has 0 aromatic heterocycles. The van der Waals surface area contributed by atoms with Crippen molar-refractivity contribution in [3.8, 4) is 0 Å². The maximum absolute atomic E-state index is 11.1. The van der Waals surface area contributed by atoms with Gasteiger partial charge in [-0.25, -0.2) is 4.57 Å². The summed E-state index contributed by atoms with van der Waals surface area (Å²) >= 11 is 0. The van der Waals surface area contributed by atoms with E-state index in [2.05, 4.69) is 20.8 Å². The zero-order chi connectivity index (χ0) is 20.4. The Bertz CT molecular complexity index is 354. The van der Waals surface area contributed by atoms with Crippen LogP contribution in [0.2, 0.25) is 0 Å². The summed E-state index contributed by atoms with van der Waals surface area (Å²) in [5, 5.41) is 0. The molecule has 0 aliphatic carbocycles. The molecule has 4 nitrogen and oxygen atoms in total. The van der Waals surface area contributed by atoms with E-state index in [0.29, 0.717) is 12.3 Å². The van der Waals surface area contributed by atoms with Gasteiger partial charge < -0.3 is 9.79 Å². The Morgan fingerprint density at radius 3 is 1.41 bits per heavy atom. The van der Waals surface area contributed by atoms with E-state index in [1.807, 2.05) is 0 Å². The van der Waals surface area contributed by atoms with Crippen molar-refractivity contribution in [1.29, 1.82) is 0 Å². The lowest BCUT2D eigenvalue weighted by molar-refractivity contribution is 0.108. The molecule has 0 radical (unpaired) electrons. The largest absolute Gasteiger partial charge is 0.469 e. The molecule has 1 unspecified atom stereocenters. The maximum atomic E-state index is 11.1. The van der Waals surface area contributed by atoms with Crippen molar-refractivity contribution in [2.45, 2.75) is 136 Å². The molecule has 0 aliphatic rings. The molecule has 0 fully saturated rings. The first kappa shape index (κ1) is 27.1. The summed E-state index contributed by atoms with van der Waals surface area (Å²) in [6, 6.07) is 0. The van der Waals surface area contributed by atoms with E-state index in [9.17, 15) is 4.57 Å². The van der Waals surface area contributed by atoms with E-state index < -0.39 is 7.82 Å². The van der Waals surface area contributed by atoms with Crippen LogP contribution in [0.4, 0.5) is 0 Å². The lowest BCUT2D eigenvalue weighted by atomic mass is 10.00. The fourth-order valence-electron chi connectivity index (χ4n) is 3.68. The minimum atomic E-state index is -4.37. The summed E-state index contributed by atoms with van der Waals surface area (Å²) in [5.41, 5.74) is 0. The summed E-state index contributed by atoms with van der Waals surface area (Å²) in [4.78, 5) is 18.0. The Morgan fingerprint density at radius 1 is 0.704 bits per heavy atom. The highest BCUT2D eigenvalue weighted by Crippen LogP contribution is 2.40. The van der Waals surface area contributed by atoms with Crippen molar-refractivity contribution >= 4 is 7.82 Å². The molecule has 0 rings (SSSR count). The van der Waals surface area contributed by atoms with E-state index in [1.54, 1.807) is 0 Å². The molecule has 0 amide bonds. The summed E-state index contributed by atoms with van der Waals surface area (Å²) in [6.07, 6.45) is 21.0. The zero-order valence-corrected chi connectivity index (χ0v) is 19.2. The van der Waals surface area contributed by atoms with Crippen LogP contribution in [0.15, 0.2) is 0 Å². The second kappa shape index (κ2) is 18.2. The van der Waals surface area contributed by atoms with Gasteiger partial charge in [0.05, 0.1) is 6.10 Å². The van der Waals surface area contributed by atoms with Crippen LogP contribution in [0.5, 0.6) is 0 Å². The quantitative estimate of drug-likeness (QED) is 0.160. The van der Waals surface area contributed by atoms with Gasteiger partial charge in [-0.2, -0.15) is 0 Å². The van der Waals surface area contributed by atoms with Crippen LogP contribution in [-0.4, -0.2) is 15.9 Å². The van der Waals surface area contributed by atoms with Crippen LogP contribution in [0.25, 0.3) is 0 Å². The molecule has 0 aromatic carbocycles. The lowest BCUT2D eigenvalue weighted by Crippen LogP contribution is -2.14. The van der Waals surface area contributed by atoms with Gasteiger partial charge in [0.25, 0.3) is 0 Å². The molecular formula is C22H47O4P. The molecule has 0 saturated carbocycles. The SMILES string of the molecule is CCCCCCCCCCCCCCCCCC(CC(C)C)OP(=O)(O)O. The average Bonchev–Trinajstić information content (AvgIpc) is 2.56. The Labute approximate surface area is 169 Å². The minimum Gasteiger partial charge on any atom is -0.303 e. The predicted molar refractivity (Wildman–Crippen MR) is 116 cm³/mol. The topological polar surface area (TPSA) is 66.8 Å². The van der Waals surface area contributed by atoms with Crippen LogP contribution in [0.3, 0.4) is 0 Å². The summed E-state index contributed by atoms with van der Waals surface area (Å²) in [6.45, 7) is 6.38. The Balaban J connectivity index is 3.43. The molecule has 5 heteroatoms. The number of phosphoric ester groups is 1. The fraction of sp³-hybridized carbons (Fsp3) is 1.00. The molecule has 1 atom stereocenters. The van der Waals surface area contributed by atoms with Crippen molar-refractivity contribution in [1.82, 2.24) is 0 Å². The molecule has 0 bridgehead atoms. The van der Waals surface area contributed by atoms with Gasteiger partial charge in [-0.15, -0.1) is 0 Å². The normalized spacial score (nSPS) is 13.4. The third kappa shape index (κ3) is 22.3. The molecule has 0 aromatic rings. The summed E-state index contributed by atoms with van der Waals surface area (Å²) in [5.74, 6) is 0.387. The number of hydrogen-bond donors (Lipinski definition) is 2. The van der Waals surface area contributed by atoms with Gasteiger partial charge in [-0.05, 0) is 18.8 Å². The summed E-state index contributed by atoms with van der Waals surface area (Å²) in [7, 11) is -4.37. The van der Waals surface area contributed by atoms with Crippen LogP contribution < -0.4 is 0 Å². The van der Waals surface area contributed by atoms with Crippen LogP contribution >= 0.6 is 7.82 Å². The monoisotopic (exact) mass is 406 g/mol. The van der Waals surface area contributed by atoms with Crippen molar-refractivity contribution in [2.75, 3.05) is 0 Å². The van der Waals surface area contributed by atoms with Gasteiger partial charge in [0, 0.05) is 0 Å². The first-order chi connectivity index (χ1) is 12.8. The van der Waals surface area contributed by atoms with Gasteiger partial charge in [0.15, 0.2) is 0 Å². The predicted octanol–water partition coefficient (Wildman–Crippen LogP) is 7.77. The number of hydrogen-bond acceptors (Lipinski definition) is 2. The molecule has 0 spiro atoms. The summed E-state index contributed by atoms with van der Waals surface area (Å²) < 4.78 is 16.0. The van der Waals surface area contributed by atoms with E-state index in [-0.39, 0.29) is 6.10 Å². The smallest absolute Gasteiger partial charge is 0.303 e. The highest BCUT2D eigenvalue weighted by Gasteiger charge is 2.22. The molecule has 0 saturated heterocycles. The number of rotatable bonds is 20. The first-order valence-electron chi connectivity index (χ1n) is 11.6. The van der Waals surface area contributed by atoms with Crippen molar-refractivity contribution in [3.05, 3.63) is 0 Å². The van der Waals surface area contributed by atoms with Gasteiger partial charge in [-0.3, -0.25) is 4.52 Å². The van der Waals surface area contributed by atoms with E-state index in [0.717, 1.165) is 19.3 Å². The number of phosphoric acid groups is 1. The van der Waals surface area contributed by atoms with Gasteiger partial charge in [0.2, 0.25) is 0 Å². The van der Waals surface area contributed by atoms with E-state index in [4.69, 9.17) is 14.3 Å². The average molecular weight is 407 g/mol. The minimum absolute atomic E-state index is 0.312. The Hall–Kier alpha value is 0.110. The Morgan fingerprint density at radius 2 is 1.07 bits per heavy atom. The molecule has 0 aliphatic heterocycles. The highest BCUT2D eigenvalue weighted by molar-refractivity contribution is 7.46. The lowest BCUT2D eigenvalue weighted by Gasteiger charge is -2.19. The van der Waals surface area contributed by atoms with Crippen LogP contribution in [-0.2, 0) is 9.09 Å². The zero-order valence-electron chi connectivity index (χ0n) is 18.3. The van der Waals surface area contributed by atoms with Gasteiger partial charge in [0.1, 0.15) is 0 Å². The van der Waals surface area contributed by atoms with Crippen molar-refractivity contribution in [3.63, 3.8) is 0 Å². The van der Waals surface area contributed by atoms with Gasteiger partial charge >= 0.3 is 7.82 Å². The fourth-order valence-corrected chi connectivity index (χ4v) is 4.26. The second-order valence-electron chi connectivity index (χ2n) is 8.59. The first-order valence-corrected chi connectivity index (χ1v) is 13.1. The molecular weight excluding hydrogens is 359 g/mol. The van der Waals surface area contributed by atoms with E-state index in [1.165, 1.54) is 83.5 Å². The third-order valence-electron chi connectivity index (χ3n) is 5.15. The Kier molecular flexibility index (Phi) is 18.2. The van der Waals surface area contributed by atoms with Crippen LogP contribution in [0.1, 0.15) is 130 Å². The standard InChI is InChI=1S/C22H47O4P/c1-4-5-6-7-8-9-10-11-12-13-14-15-16-17-18-19-22(20-21(2)3)26-27(23,24)25/h21-22H,4-20H2,1-3H3,(H2,23,24,25). The molecule has 2 N–H and O–H groups in total. The van der Waals surface area contributed by atoms with Crippen LogP contribution in [0, 0.1) is 5.92 Å². The number of unbranched alkanes of at least 4 members (excludes halogenated alkanes) is 14. The van der Waals surface area contributed by atoms with Gasteiger partial charge in [-0.1, -0.05) is 117 Å². The molecule has 164 valence electrons. The second-order valence-corrected chi connectivity index (χ2v) is 9.78. The molecule has 0 heterocycles. The maximum Gasteiger partial charge on any atom is 0.469 e. The third-order valence-corrected chi connectivity index (χ3v) is 5.72. The van der Waals surface area contributed by atoms with Crippen molar-refractivity contribution < 1.29 is 18.9 Å².